The van der Waals surface area contributed by atoms with Crippen LogP contribution in [0.2, 0.25) is 0 Å². The van der Waals surface area contributed by atoms with Crippen LogP contribution in [0, 0.1) is 19.3 Å². The van der Waals surface area contributed by atoms with Gasteiger partial charge in [0.15, 0.2) is 0 Å². The number of para-hydroxylation sites is 1. The van der Waals surface area contributed by atoms with E-state index in [0.29, 0.717) is 11.4 Å². The molecule has 2 aromatic carbocycles. The number of esters is 1. The smallest absolute Gasteiger partial charge is 0.340 e. The van der Waals surface area contributed by atoms with Gasteiger partial charge in [0, 0.05) is 5.69 Å². The van der Waals surface area contributed by atoms with Crippen LogP contribution in [-0.4, -0.2) is 24.4 Å². The van der Waals surface area contributed by atoms with Gasteiger partial charge in [-0.25, -0.2) is 4.79 Å². The van der Waals surface area contributed by atoms with Gasteiger partial charge in [0.05, 0.1) is 17.9 Å². The van der Waals surface area contributed by atoms with Gasteiger partial charge >= 0.3 is 5.97 Å². The van der Waals surface area contributed by atoms with E-state index >= 15 is 0 Å². The molecule has 0 spiro atoms. The van der Waals surface area contributed by atoms with Crippen molar-refractivity contribution in [3.63, 3.8) is 0 Å². The second-order valence-electron chi connectivity index (χ2n) is 7.12. The van der Waals surface area contributed by atoms with Crippen molar-refractivity contribution < 1.29 is 19.1 Å². The largest absolute Gasteiger partial charge is 0.462 e. The van der Waals surface area contributed by atoms with E-state index < -0.39 is 23.2 Å². The summed E-state index contributed by atoms with van der Waals surface area (Å²) in [5.74, 6) is -1.49. The lowest BCUT2D eigenvalue weighted by Crippen LogP contribution is -2.42. The van der Waals surface area contributed by atoms with Crippen LogP contribution in [0.1, 0.15) is 42.3 Å². The molecule has 0 bridgehead atoms. The van der Waals surface area contributed by atoms with Gasteiger partial charge in [-0.05, 0) is 63.9 Å². The van der Waals surface area contributed by atoms with Gasteiger partial charge in [-0.3, -0.25) is 9.59 Å². The number of amides is 2. The van der Waals surface area contributed by atoms with E-state index in [1.807, 2.05) is 32.0 Å². The van der Waals surface area contributed by atoms with Crippen molar-refractivity contribution in [2.24, 2.45) is 5.41 Å². The summed E-state index contributed by atoms with van der Waals surface area (Å²) in [6.07, 6.45) is 0. The van der Waals surface area contributed by atoms with Crippen LogP contribution in [0.3, 0.4) is 0 Å². The van der Waals surface area contributed by atoms with Gasteiger partial charge in [-0.2, -0.15) is 0 Å². The van der Waals surface area contributed by atoms with Gasteiger partial charge in [-0.15, -0.1) is 0 Å². The van der Waals surface area contributed by atoms with Crippen molar-refractivity contribution >= 4 is 29.2 Å². The number of hydrogen-bond donors (Lipinski definition) is 2. The summed E-state index contributed by atoms with van der Waals surface area (Å²) in [4.78, 5) is 37.7. The molecule has 0 heterocycles. The summed E-state index contributed by atoms with van der Waals surface area (Å²) in [5, 5.41) is 5.51. The Labute approximate surface area is 165 Å². The van der Waals surface area contributed by atoms with Crippen LogP contribution in [0.25, 0.3) is 0 Å². The van der Waals surface area contributed by atoms with Gasteiger partial charge in [0.1, 0.15) is 5.41 Å². The van der Waals surface area contributed by atoms with Gasteiger partial charge in [0.2, 0.25) is 11.8 Å². The zero-order chi connectivity index (χ0) is 20.9. The van der Waals surface area contributed by atoms with Crippen molar-refractivity contribution in [3.05, 3.63) is 59.2 Å². The highest BCUT2D eigenvalue weighted by Gasteiger charge is 2.37. The highest BCUT2D eigenvalue weighted by Crippen LogP contribution is 2.25. The maximum absolute atomic E-state index is 12.8. The van der Waals surface area contributed by atoms with Crippen LogP contribution < -0.4 is 10.6 Å². The first-order valence-electron chi connectivity index (χ1n) is 9.13. The number of nitrogens with one attached hydrogen (secondary N) is 2. The summed E-state index contributed by atoms with van der Waals surface area (Å²) in [5.41, 5.74) is 1.76. The lowest BCUT2D eigenvalue weighted by Gasteiger charge is -2.24. The second kappa shape index (κ2) is 8.69. The van der Waals surface area contributed by atoms with Crippen molar-refractivity contribution in [1.82, 2.24) is 0 Å². The fourth-order valence-electron chi connectivity index (χ4n) is 2.51. The predicted octanol–water partition coefficient (Wildman–Crippen LogP) is 4.08. The van der Waals surface area contributed by atoms with E-state index in [0.717, 1.165) is 11.1 Å². The Morgan fingerprint density at radius 2 is 1.54 bits per heavy atom. The van der Waals surface area contributed by atoms with Crippen LogP contribution in [0.4, 0.5) is 11.4 Å². The SMILES string of the molecule is CCOC(=O)c1ccccc1NC(=O)C(C)(C)C(=O)Nc1cc(C)ccc1C. The Morgan fingerprint density at radius 1 is 0.929 bits per heavy atom. The summed E-state index contributed by atoms with van der Waals surface area (Å²) in [7, 11) is 0. The highest BCUT2D eigenvalue weighted by atomic mass is 16.5. The van der Waals surface area contributed by atoms with E-state index in [2.05, 4.69) is 10.6 Å². The Morgan fingerprint density at radius 3 is 2.18 bits per heavy atom. The molecular weight excluding hydrogens is 356 g/mol. The topological polar surface area (TPSA) is 84.5 Å². The summed E-state index contributed by atoms with van der Waals surface area (Å²) < 4.78 is 5.02. The molecule has 28 heavy (non-hydrogen) atoms. The van der Waals surface area contributed by atoms with Crippen LogP contribution in [-0.2, 0) is 14.3 Å². The van der Waals surface area contributed by atoms with Gasteiger partial charge < -0.3 is 15.4 Å². The average Bonchev–Trinajstić information content (AvgIpc) is 2.65. The fourth-order valence-corrected chi connectivity index (χ4v) is 2.51. The third-order valence-electron chi connectivity index (χ3n) is 4.45. The zero-order valence-electron chi connectivity index (χ0n) is 16.9. The van der Waals surface area contributed by atoms with Crippen LogP contribution >= 0.6 is 0 Å². The number of carbonyl (C=O) groups excluding carboxylic acids is 3. The Balaban J connectivity index is 2.20. The summed E-state index contributed by atoms with van der Waals surface area (Å²) in [6.45, 7) is 8.83. The molecule has 0 atom stereocenters. The Bertz CT molecular complexity index is 903. The highest BCUT2D eigenvalue weighted by molar-refractivity contribution is 6.15. The number of aryl methyl sites for hydroxylation is 2. The van der Waals surface area contributed by atoms with Crippen molar-refractivity contribution in [3.8, 4) is 0 Å². The molecular formula is C22H26N2O4. The molecule has 2 N–H and O–H groups in total. The molecule has 0 fully saturated rings. The normalized spacial score (nSPS) is 10.9. The molecule has 0 aliphatic heterocycles. The summed E-state index contributed by atoms with van der Waals surface area (Å²) in [6, 6.07) is 12.3. The van der Waals surface area contributed by atoms with E-state index in [4.69, 9.17) is 4.74 Å². The standard InChI is InChI=1S/C22H26N2O4/c1-6-28-19(25)16-9-7-8-10-17(16)23-20(26)22(4,5)21(27)24-18-13-14(2)11-12-15(18)3/h7-13H,6H2,1-5H3,(H,23,26)(H,24,27). The molecule has 2 amide bonds. The molecule has 2 aromatic rings. The minimum absolute atomic E-state index is 0.227. The number of carbonyl (C=O) groups is 3. The van der Waals surface area contributed by atoms with E-state index in [1.165, 1.54) is 13.8 Å². The number of benzene rings is 2. The maximum atomic E-state index is 12.8. The molecule has 148 valence electrons. The first kappa shape index (κ1) is 21.2. The minimum atomic E-state index is -1.36. The van der Waals surface area contributed by atoms with Crippen molar-refractivity contribution in [1.29, 1.82) is 0 Å². The number of anilines is 2. The minimum Gasteiger partial charge on any atom is -0.462 e. The molecule has 0 saturated carbocycles. The molecule has 2 rings (SSSR count). The first-order chi connectivity index (χ1) is 13.2. The third kappa shape index (κ3) is 4.76. The van der Waals surface area contributed by atoms with Crippen LogP contribution in [0.5, 0.6) is 0 Å². The van der Waals surface area contributed by atoms with Crippen LogP contribution in [0.15, 0.2) is 42.5 Å². The maximum Gasteiger partial charge on any atom is 0.340 e. The molecule has 0 saturated heterocycles. The quantitative estimate of drug-likeness (QED) is 0.582. The number of rotatable bonds is 6. The molecule has 0 radical (unpaired) electrons. The van der Waals surface area contributed by atoms with E-state index in [1.54, 1.807) is 31.2 Å². The molecule has 0 aliphatic carbocycles. The molecule has 0 aromatic heterocycles. The lowest BCUT2D eigenvalue weighted by atomic mass is 9.90. The van der Waals surface area contributed by atoms with E-state index in [9.17, 15) is 14.4 Å². The lowest BCUT2D eigenvalue weighted by molar-refractivity contribution is -0.135. The molecule has 0 unspecified atom stereocenters. The number of ether oxygens (including phenoxy) is 1. The number of hydrogen-bond acceptors (Lipinski definition) is 4. The van der Waals surface area contributed by atoms with Gasteiger partial charge in [0.25, 0.3) is 0 Å². The predicted molar refractivity (Wildman–Crippen MR) is 109 cm³/mol. The van der Waals surface area contributed by atoms with E-state index in [-0.39, 0.29) is 12.2 Å². The second-order valence-corrected chi connectivity index (χ2v) is 7.12. The molecule has 6 heteroatoms. The van der Waals surface area contributed by atoms with Crippen molar-refractivity contribution in [2.45, 2.75) is 34.6 Å². The summed E-state index contributed by atoms with van der Waals surface area (Å²) >= 11 is 0. The first-order valence-corrected chi connectivity index (χ1v) is 9.13. The average molecular weight is 382 g/mol. The van der Waals surface area contributed by atoms with Gasteiger partial charge in [-0.1, -0.05) is 24.3 Å². The monoisotopic (exact) mass is 382 g/mol. The Kier molecular flexibility index (Phi) is 6.57. The van der Waals surface area contributed by atoms with Crippen molar-refractivity contribution in [2.75, 3.05) is 17.2 Å². The molecule has 6 nitrogen and oxygen atoms in total. The Hall–Kier alpha value is -3.15. The molecule has 0 aliphatic rings. The zero-order valence-corrected chi connectivity index (χ0v) is 16.9. The third-order valence-corrected chi connectivity index (χ3v) is 4.45. The fraction of sp³-hybridized carbons (Fsp3) is 0.318.